The molecule has 0 fully saturated rings. The first-order chi connectivity index (χ1) is 13.0. The monoisotopic (exact) mass is 412 g/mol. The lowest BCUT2D eigenvalue weighted by molar-refractivity contribution is -0.0499. The van der Waals surface area contributed by atoms with Crippen molar-refractivity contribution < 1.29 is 30.2 Å². The van der Waals surface area contributed by atoms with E-state index in [-0.39, 0.29) is 23.0 Å². The van der Waals surface area contributed by atoms with Gasteiger partial charge in [-0.2, -0.15) is 21.6 Å². The molecule has 0 N–H and O–H groups in total. The summed E-state index contributed by atoms with van der Waals surface area (Å²) < 4.78 is 70.9. The first-order valence-corrected chi connectivity index (χ1v) is 9.52. The van der Waals surface area contributed by atoms with Gasteiger partial charge in [0.25, 0.3) is 0 Å². The lowest BCUT2D eigenvalue weighted by atomic mass is 9.98. The molecule has 0 atom stereocenters. The van der Waals surface area contributed by atoms with Crippen LogP contribution in [0.3, 0.4) is 0 Å². The third-order valence-electron chi connectivity index (χ3n) is 4.19. The largest absolute Gasteiger partial charge is 0.534 e. The zero-order chi connectivity index (χ0) is 20.7. The topological polar surface area (TPSA) is 73.6 Å². The van der Waals surface area contributed by atoms with E-state index in [1.54, 1.807) is 30.3 Å². The summed E-state index contributed by atoms with van der Waals surface area (Å²) in [5.74, 6) is -0.539. The van der Waals surface area contributed by atoms with Crippen molar-refractivity contribution in [2.45, 2.75) is 25.8 Å². The van der Waals surface area contributed by atoms with E-state index in [4.69, 9.17) is 4.42 Å². The molecule has 0 bridgehead atoms. The average molecular weight is 412 g/mol. The van der Waals surface area contributed by atoms with Crippen molar-refractivity contribution >= 4 is 21.1 Å². The predicted molar refractivity (Wildman–Crippen MR) is 96.8 cm³/mol. The number of rotatable bonds is 4. The summed E-state index contributed by atoms with van der Waals surface area (Å²) >= 11 is 0. The van der Waals surface area contributed by atoms with Gasteiger partial charge >= 0.3 is 21.3 Å². The molecule has 3 rings (SSSR count). The Morgan fingerprint density at radius 3 is 2.32 bits per heavy atom. The summed E-state index contributed by atoms with van der Waals surface area (Å²) in [6.45, 7) is 3.03. The van der Waals surface area contributed by atoms with Gasteiger partial charge in [0.05, 0.1) is 5.39 Å². The van der Waals surface area contributed by atoms with Gasteiger partial charge in [-0.25, -0.2) is 4.79 Å². The minimum absolute atomic E-state index is 0.00366. The van der Waals surface area contributed by atoms with Gasteiger partial charge in [0, 0.05) is 12.0 Å². The number of aryl methyl sites for hydroxylation is 2. The van der Waals surface area contributed by atoms with Crippen molar-refractivity contribution in [3.63, 3.8) is 0 Å². The predicted octanol–water partition coefficient (Wildman–Crippen LogP) is 4.23. The molecular formula is C19H15F3O5S. The molecule has 0 saturated heterocycles. The number of hydrogen-bond donors (Lipinski definition) is 0. The van der Waals surface area contributed by atoms with E-state index >= 15 is 0 Å². The van der Waals surface area contributed by atoms with Crippen molar-refractivity contribution in [2.75, 3.05) is 0 Å². The molecule has 148 valence electrons. The van der Waals surface area contributed by atoms with Crippen LogP contribution in [0.5, 0.6) is 5.75 Å². The molecule has 1 aromatic heterocycles. The van der Waals surface area contributed by atoms with Gasteiger partial charge in [0.2, 0.25) is 0 Å². The fourth-order valence-corrected chi connectivity index (χ4v) is 3.33. The number of alkyl halides is 3. The molecule has 5 nitrogen and oxygen atoms in total. The molecule has 3 aromatic rings. The van der Waals surface area contributed by atoms with Crippen LogP contribution >= 0.6 is 0 Å². The van der Waals surface area contributed by atoms with E-state index in [1.807, 2.05) is 0 Å². The van der Waals surface area contributed by atoms with Crippen LogP contribution in [0, 0.1) is 13.8 Å². The number of fused-ring (bicyclic) bond motifs is 1. The van der Waals surface area contributed by atoms with Crippen molar-refractivity contribution in [1.29, 1.82) is 0 Å². The first-order valence-electron chi connectivity index (χ1n) is 8.11. The van der Waals surface area contributed by atoms with Crippen LogP contribution in [0.4, 0.5) is 13.2 Å². The summed E-state index contributed by atoms with van der Waals surface area (Å²) in [6, 6.07) is 11.5. The fourth-order valence-electron chi connectivity index (χ4n) is 2.87. The highest BCUT2D eigenvalue weighted by Crippen LogP contribution is 2.35. The maximum absolute atomic E-state index is 12.8. The van der Waals surface area contributed by atoms with Gasteiger partial charge in [-0.15, -0.1) is 0 Å². The number of hydrogen-bond acceptors (Lipinski definition) is 5. The standard InChI is InChI=1S/C19H15F3O5S/c1-11-8-15-17(16(9-11)27-28(24,25)19(20,21)22)12(2)14(18(23)26-15)10-13-6-4-3-5-7-13/h3-9H,10H2,1-2H3. The van der Waals surface area contributed by atoms with Crippen LogP contribution < -0.4 is 9.81 Å². The van der Waals surface area contributed by atoms with Gasteiger partial charge in [-0.05, 0) is 42.7 Å². The summed E-state index contributed by atoms with van der Waals surface area (Å²) in [7, 11) is -5.88. The maximum Gasteiger partial charge on any atom is 0.534 e. The third-order valence-corrected chi connectivity index (χ3v) is 5.16. The van der Waals surface area contributed by atoms with Crippen molar-refractivity contribution in [3.8, 4) is 5.75 Å². The molecule has 9 heteroatoms. The lowest BCUT2D eigenvalue weighted by Gasteiger charge is -2.14. The van der Waals surface area contributed by atoms with Gasteiger partial charge in [-0.1, -0.05) is 30.3 Å². The van der Waals surface area contributed by atoms with Gasteiger partial charge in [0.15, 0.2) is 5.75 Å². The second-order valence-electron chi connectivity index (χ2n) is 6.27. The quantitative estimate of drug-likeness (QED) is 0.364. The Hall–Kier alpha value is -2.81. The zero-order valence-corrected chi connectivity index (χ0v) is 15.6. The van der Waals surface area contributed by atoms with Gasteiger partial charge in [-0.3, -0.25) is 0 Å². The molecule has 1 heterocycles. The van der Waals surface area contributed by atoms with E-state index in [0.29, 0.717) is 11.1 Å². The lowest BCUT2D eigenvalue weighted by Crippen LogP contribution is -2.28. The molecular weight excluding hydrogens is 397 g/mol. The van der Waals surface area contributed by atoms with Crippen LogP contribution in [-0.4, -0.2) is 13.9 Å². The third kappa shape index (κ3) is 3.75. The highest BCUT2D eigenvalue weighted by Gasteiger charge is 2.48. The second-order valence-corrected chi connectivity index (χ2v) is 7.81. The first kappa shape index (κ1) is 19.9. The van der Waals surface area contributed by atoms with Crippen molar-refractivity contribution in [3.05, 3.63) is 75.1 Å². The minimum Gasteiger partial charge on any atom is -0.422 e. The highest BCUT2D eigenvalue weighted by molar-refractivity contribution is 7.88. The van der Waals surface area contributed by atoms with Gasteiger partial charge in [0.1, 0.15) is 5.58 Å². The smallest absolute Gasteiger partial charge is 0.422 e. The van der Waals surface area contributed by atoms with E-state index in [2.05, 4.69) is 4.18 Å². The van der Waals surface area contributed by atoms with Crippen LogP contribution in [0.2, 0.25) is 0 Å². The highest BCUT2D eigenvalue weighted by atomic mass is 32.2. The second kappa shape index (κ2) is 6.97. The van der Waals surface area contributed by atoms with Crippen LogP contribution in [0.15, 0.2) is 51.7 Å². The van der Waals surface area contributed by atoms with Crippen molar-refractivity contribution in [1.82, 2.24) is 0 Å². The Morgan fingerprint density at radius 2 is 1.71 bits per heavy atom. The normalized spacial score (nSPS) is 12.3. The van der Waals surface area contributed by atoms with E-state index < -0.39 is 27.0 Å². The van der Waals surface area contributed by atoms with E-state index in [9.17, 15) is 26.4 Å². The van der Waals surface area contributed by atoms with Crippen LogP contribution in [0.1, 0.15) is 22.3 Å². The summed E-state index contributed by atoms with van der Waals surface area (Å²) in [6.07, 6.45) is 0.171. The van der Waals surface area contributed by atoms with Gasteiger partial charge < -0.3 is 8.60 Å². The summed E-state index contributed by atoms with van der Waals surface area (Å²) in [4.78, 5) is 12.4. The zero-order valence-electron chi connectivity index (χ0n) is 14.8. The number of benzene rings is 2. The molecule has 0 aliphatic rings. The van der Waals surface area contributed by atoms with E-state index in [0.717, 1.165) is 11.6 Å². The SMILES string of the molecule is Cc1cc(OS(=O)(=O)C(F)(F)F)c2c(C)c(Cc3ccccc3)c(=O)oc2c1. The Morgan fingerprint density at radius 1 is 1.07 bits per heavy atom. The average Bonchev–Trinajstić information content (AvgIpc) is 2.57. The molecule has 0 aliphatic carbocycles. The van der Waals surface area contributed by atoms with E-state index in [1.165, 1.54) is 19.9 Å². The maximum atomic E-state index is 12.8. The number of halogens is 3. The molecule has 0 unspecified atom stereocenters. The molecule has 0 aliphatic heterocycles. The Bertz CT molecular complexity index is 1200. The Labute approximate surface area is 158 Å². The van der Waals surface area contributed by atoms with Crippen LogP contribution in [0.25, 0.3) is 11.0 Å². The molecule has 0 spiro atoms. The Kier molecular flexibility index (Phi) is 4.97. The van der Waals surface area contributed by atoms with Crippen molar-refractivity contribution in [2.24, 2.45) is 0 Å². The molecule has 28 heavy (non-hydrogen) atoms. The molecule has 0 amide bonds. The Balaban J connectivity index is 2.23. The molecule has 2 aromatic carbocycles. The fraction of sp³-hybridized carbons (Fsp3) is 0.211. The minimum atomic E-state index is -5.88. The summed E-state index contributed by atoms with van der Waals surface area (Å²) in [5, 5.41) is 0.00366. The summed E-state index contributed by atoms with van der Waals surface area (Å²) in [5.41, 5.74) is -4.62. The van der Waals surface area contributed by atoms with Crippen LogP contribution in [-0.2, 0) is 16.5 Å². The molecule has 0 radical (unpaired) electrons. The molecule has 0 saturated carbocycles.